The molecule has 0 spiro atoms. The van der Waals surface area contributed by atoms with Crippen LogP contribution in [0.25, 0.3) is 0 Å². The molecule has 18 heavy (non-hydrogen) atoms. The smallest absolute Gasteiger partial charge is 0.305 e. The maximum absolute atomic E-state index is 12.1. The molecule has 2 N–H and O–H groups in total. The number of likely N-dealkylation sites (tertiary alicyclic amines) is 1. The molecule has 98 valence electrons. The number of piperidine rings is 1. The Morgan fingerprint density at radius 3 is 3.00 bits per heavy atom. The summed E-state index contributed by atoms with van der Waals surface area (Å²) in [4.78, 5) is 24.6. The van der Waals surface area contributed by atoms with Gasteiger partial charge in [0.1, 0.15) is 0 Å². The van der Waals surface area contributed by atoms with Crippen LogP contribution in [0.2, 0.25) is 0 Å². The molecular weight excluding hydrogens is 234 g/mol. The maximum atomic E-state index is 12.1. The standard InChI is InChI=1S/C12H17N3O3/c16-11(7-9-4-5-13-14-9)15-6-2-1-3-10(15)8-12(17)18/h4-5,10H,1-3,6-8H2,(H,13,14)(H,17,18). The molecule has 6 heteroatoms. The molecule has 2 heterocycles. The van der Waals surface area contributed by atoms with Gasteiger partial charge in [0.15, 0.2) is 0 Å². The lowest BCUT2D eigenvalue weighted by atomic mass is 9.99. The van der Waals surface area contributed by atoms with E-state index in [0.717, 1.165) is 25.0 Å². The summed E-state index contributed by atoms with van der Waals surface area (Å²) >= 11 is 0. The molecule has 1 fully saturated rings. The van der Waals surface area contributed by atoms with E-state index < -0.39 is 5.97 Å². The first kappa shape index (κ1) is 12.6. The zero-order valence-corrected chi connectivity index (χ0v) is 10.1. The summed E-state index contributed by atoms with van der Waals surface area (Å²) in [5, 5.41) is 15.4. The quantitative estimate of drug-likeness (QED) is 0.829. The fourth-order valence-corrected chi connectivity index (χ4v) is 2.39. The summed E-state index contributed by atoms with van der Waals surface area (Å²) < 4.78 is 0. The Kier molecular flexibility index (Phi) is 3.96. The number of hydrogen-bond acceptors (Lipinski definition) is 3. The van der Waals surface area contributed by atoms with Crippen LogP contribution in [0, 0.1) is 0 Å². The van der Waals surface area contributed by atoms with Gasteiger partial charge in [0.25, 0.3) is 0 Å². The highest BCUT2D eigenvalue weighted by Gasteiger charge is 2.28. The van der Waals surface area contributed by atoms with E-state index in [0.29, 0.717) is 6.54 Å². The summed E-state index contributed by atoms with van der Waals surface area (Å²) in [5.74, 6) is -0.869. The first-order valence-corrected chi connectivity index (χ1v) is 6.16. The summed E-state index contributed by atoms with van der Waals surface area (Å²) in [6.07, 6.45) is 4.62. The van der Waals surface area contributed by atoms with E-state index in [-0.39, 0.29) is 24.8 Å². The molecule has 0 aromatic carbocycles. The Labute approximate surface area is 105 Å². The van der Waals surface area contributed by atoms with Crippen LogP contribution in [0.5, 0.6) is 0 Å². The van der Waals surface area contributed by atoms with Crippen LogP contribution in [0.15, 0.2) is 12.3 Å². The van der Waals surface area contributed by atoms with Crippen molar-refractivity contribution in [2.45, 2.75) is 38.1 Å². The summed E-state index contributed by atoms with van der Waals surface area (Å²) in [6.45, 7) is 0.658. The van der Waals surface area contributed by atoms with Crippen molar-refractivity contribution in [3.63, 3.8) is 0 Å². The molecule has 1 aliphatic rings. The predicted molar refractivity (Wildman–Crippen MR) is 63.9 cm³/mol. The number of carbonyl (C=O) groups is 2. The highest BCUT2D eigenvalue weighted by Crippen LogP contribution is 2.20. The van der Waals surface area contributed by atoms with E-state index in [1.54, 1.807) is 17.2 Å². The van der Waals surface area contributed by atoms with Crippen molar-refractivity contribution in [3.05, 3.63) is 18.0 Å². The number of rotatable bonds is 4. The number of amides is 1. The Morgan fingerprint density at radius 2 is 2.33 bits per heavy atom. The van der Waals surface area contributed by atoms with Crippen molar-refractivity contribution in [2.24, 2.45) is 0 Å². The number of aromatic nitrogens is 2. The Hall–Kier alpha value is -1.85. The second-order valence-electron chi connectivity index (χ2n) is 4.59. The summed E-state index contributed by atoms with van der Waals surface area (Å²) in [7, 11) is 0. The average Bonchev–Trinajstić information content (AvgIpc) is 2.81. The van der Waals surface area contributed by atoms with Crippen LogP contribution in [0.1, 0.15) is 31.4 Å². The molecule has 2 rings (SSSR count). The van der Waals surface area contributed by atoms with Crippen molar-refractivity contribution in [1.82, 2.24) is 15.1 Å². The summed E-state index contributed by atoms with van der Waals surface area (Å²) in [5.41, 5.74) is 0.764. The third-order valence-electron chi connectivity index (χ3n) is 3.26. The molecule has 0 bridgehead atoms. The molecular formula is C12H17N3O3. The predicted octanol–water partition coefficient (Wildman–Crippen LogP) is 0.808. The number of nitrogens with one attached hydrogen (secondary N) is 1. The number of nitrogens with zero attached hydrogens (tertiary/aromatic N) is 2. The number of carboxylic acid groups (broad SMARTS) is 1. The molecule has 1 saturated heterocycles. The minimum absolute atomic E-state index is 0.0230. The van der Waals surface area contributed by atoms with E-state index in [9.17, 15) is 9.59 Å². The van der Waals surface area contributed by atoms with Gasteiger partial charge in [-0.1, -0.05) is 0 Å². The van der Waals surface area contributed by atoms with Crippen LogP contribution in [-0.4, -0.2) is 44.7 Å². The highest BCUT2D eigenvalue weighted by atomic mass is 16.4. The van der Waals surface area contributed by atoms with Crippen molar-refractivity contribution in [3.8, 4) is 0 Å². The van der Waals surface area contributed by atoms with E-state index >= 15 is 0 Å². The molecule has 1 aromatic heterocycles. The lowest BCUT2D eigenvalue weighted by Gasteiger charge is -2.35. The third-order valence-corrected chi connectivity index (χ3v) is 3.26. The Bertz CT molecular complexity index is 416. The van der Waals surface area contributed by atoms with Crippen molar-refractivity contribution < 1.29 is 14.7 Å². The first-order valence-electron chi connectivity index (χ1n) is 6.16. The number of carbonyl (C=O) groups excluding carboxylic acids is 1. The van der Waals surface area contributed by atoms with Gasteiger partial charge >= 0.3 is 5.97 Å². The highest BCUT2D eigenvalue weighted by molar-refractivity contribution is 5.79. The fraction of sp³-hybridized carbons (Fsp3) is 0.583. The van der Waals surface area contributed by atoms with Gasteiger partial charge in [-0.25, -0.2) is 0 Å². The number of aliphatic carboxylic acids is 1. The zero-order valence-electron chi connectivity index (χ0n) is 10.1. The molecule has 1 unspecified atom stereocenters. The number of aromatic amines is 1. The van der Waals surface area contributed by atoms with E-state index in [4.69, 9.17) is 5.11 Å². The van der Waals surface area contributed by atoms with E-state index in [2.05, 4.69) is 10.2 Å². The second-order valence-corrected chi connectivity index (χ2v) is 4.59. The molecule has 6 nitrogen and oxygen atoms in total. The average molecular weight is 251 g/mol. The molecule has 0 radical (unpaired) electrons. The Balaban J connectivity index is 1.99. The molecule has 1 atom stereocenters. The lowest BCUT2D eigenvalue weighted by molar-refractivity contribution is -0.141. The molecule has 1 amide bonds. The van der Waals surface area contributed by atoms with Crippen LogP contribution >= 0.6 is 0 Å². The normalized spacial score (nSPS) is 19.8. The minimum atomic E-state index is -0.846. The van der Waals surface area contributed by atoms with Crippen molar-refractivity contribution in [1.29, 1.82) is 0 Å². The van der Waals surface area contributed by atoms with Gasteiger partial charge in [0.2, 0.25) is 5.91 Å². The zero-order chi connectivity index (χ0) is 13.0. The SMILES string of the molecule is O=C(O)CC1CCCCN1C(=O)Cc1ccn[nH]1. The minimum Gasteiger partial charge on any atom is -0.481 e. The third kappa shape index (κ3) is 3.09. The second kappa shape index (κ2) is 5.66. The van der Waals surface area contributed by atoms with Gasteiger partial charge in [-0.2, -0.15) is 5.10 Å². The summed E-state index contributed by atoms with van der Waals surface area (Å²) in [6, 6.07) is 1.60. The molecule has 0 aliphatic carbocycles. The molecule has 1 aliphatic heterocycles. The molecule has 0 saturated carbocycles. The van der Waals surface area contributed by atoms with E-state index in [1.165, 1.54) is 0 Å². The topological polar surface area (TPSA) is 86.3 Å². The van der Waals surface area contributed by atoms with Gasteiger partial charge in [0, 0.05) is 24.5 Å². The van der Waals surface area contributed by atoms with Gasteiger partial charge in [-0.15, -0.1) is 0 Å². The largest absolute Gasteiger partial charge is 0.481 e. The fourth-order valence-electron chi connectivity index (χ4n) is 2.39. The number of carboxylic acids is 1. The first-order chi connectivity index (χ1) is 8.66. The number of H-pyrrole nitrogens is 1. The van der Waals surface area contributed by atoms with Gasteiger partial charge in [0.05, 0.1) is 12.8 Å². The van der Waals surface area contributed by atoms with Gasteiger partial charge < -0.3 is 10.0 Å². The van der Waals surface area contributed by atoms with Crippen LogP contribution in [0.4, 0.5) is 0 Å². The lowest BCUT2D eigenvalue weighted by Crippen LogP contribution is -2.45. The van der Waals surface area contributed by atoms with Crippen LogP contribution in [0.3, 0.4) is 0 Å². The Morgan fingerprint density at radius 1 is 1.50 bits per heavy atom. The number of hydrogen-bond donors (Lipinski definition) is 2. The van der Waals surface area contributed by atoms with Gasteiger partial charge in [-0.3, -0.25) is 14.7 Å². The maximum Gasteiger partial charge on any atom is 0.305 e. The van der Waals surface area contributed by atoms with Crippen molar-refractivity contribution in [2.75, 3.05) is 6.54 Å². The van der Waals surface area contributed by atoms with Gasteiger partial charge in [-0.05, 0) is 25.3 Å². The van der Waals surface area contributed by atoms with E-state index in [1.807, 2.05) is 0 Å². The molecule has 1 aromatic rings. The van der Waals surface area contributed by atoms with Crippen LogP contribution in [-0.2, 0) is 16.0 Å². The monoisotopic (exact) mass is 251 g/mol. The van der Waals surface area contributed by atoms with Crippen LogP contribution < -0.4 is 0 Å². The van der Waals surface area contributed by atoms with Crippen molar-refractivity contribution >= 4 is 11.9 Å².